The van der Waals surface area contributed by atoms with Gasteiger partial charge in [-0.2, -0.15) is 0 Å². The highest BCUT2D eigenvalue weighted by Crippen LogP contribution is 1.89. The molecular formula is C3H8O4S. The highest BCUT2D eigenvalue weighted by Gasteiger charge is 2.05. The van der Waals surface area contributed by atoms with Crippen molar-refractivity contribution >= 4 is 16.3 Å². The summed E-state index contributed by atoms with van der Waals surface area (Å²) >= 11 is 0. The second-order valence-corrected chi connectivity index (χ2v) is 3.17. The van der Waals surface area contributed by atoms with E-state index in [1.807, 2.05) is 0 Å². The average molecular weight is 140 g/mol. The predicted octanol–water partition coefficient (Wildman–Crippen LogP) is -0.462. The number of hydrogen-bond acceptors (Lipinski definition) is 2. The normalized spacial score (nSPS) is 13.4. The molecular weight excluding hydrogens is 132 g/mol. The predicted molar refractivity (Wildman–Crippen MR) is 30.3 cm³/mol. The van der Waals surface area contributed by atoms with Crippen molar-refractivity contribution in [3.63, 3.8) is 0 Å². The van der Waals surface area contributed by atoms with E-state index in [-0.39, 0.29) is 0 Å². The summed E-state index contributed by atoms with van der Waals surface area (Å²) < 4.78 is 26.1. The van der Waals surface area contributed by atoms with Crippen LogP contribution in [0.25, 0.3) is 0 Å². The van der Waals surface area contributed by atoms with Crippen molar-refractivity contribution in [1.82, 2.24) is 0 Å². The van der Waals surface area contributed by atoms with E-state index in [9.17, 15) is 9.00 Å². The van der Waals surface area contributed by atoms with Crippen LogP contribution in [0.15, 0.2) is 0 Å². The van der Waals surface area contributed by atoms with E-state index in [1.165, 1.54) is 0 Å². The molecule has 5 heteroatoms. The Labute approximate surface area is 48.0 Å². The summed E-state index contributed by atoms with van der Waals surface area (Å²) in [4.78, 5) is 9.97. The molecule has 2 N–H and O–H groups in total. The van der Waals surface area contributed by atoms with Gasteiger partial charge in [-0.3, -0.25) is 4.79 Å². The fourth-order valence-corrected chi connectivity index (χ4v) is 0.870. The maximum absolute atomic E-state index is 9.97. The van der Waals surface area contributed by atoms with Crippen LogP contribution in [0.5, 0.6) is 0 Å². The standard InChI is InChI=1S/C3H8O4S/c1-3(4)2-8(5,6)7/h8H,2H2,1H3,(H2,5,6,7). The van der Waals surface area contributed by atoms with Gasteiger partial charge in [0.1, 0.15) is 11.5 Å². The second-order valence-electron chi connectivity index (χ2n) is 1.52. The van der Waals surface area contributed by atoms with Crippen LogP contribution in [0.4, 0.5) is 0 Å². The van der Waals surface area contributed by atoms with E-state index in [0.717, 1.165) is 6.92 Å². The lowest BCUT2D eigenvalue weighted by Crippen LogP contribution is -2.18. The van der Waals surface area contributed by atoms with Crippen LogP contribution in [-0.2, 0) is 15.3 Å². The fourth-order valence-electron chi connectivity index (χ4n) is 0.290. The molecule has 0 aromatic heterocycles. The lowest BCUT2D eigenvalue weighted by atomic mass is 10.5. The molecule has 0 aliphatic heterocycles. The van der Waals surface area contributed by atoms with Crippen LogP contribution >= 0.6 is 0 Å². The van der Waals surface area contributed by atoms with Gasteiger partial charge >= 0.3 is 0 Å². The van der Waals surface area contributed by atoms with Crippen LogP contribution in [0.2, 0.25) is 0 Å². The molecule has 0 saturated heterocycles. The summed E-state index contributed by atoms with van der Waals surface area (Å²) in [5, 5.41) is 0. The van der Waals surface area contributed by atoms with Crippen LogP contribution in [-0.4, -0.2) is 24.9 Å². The van der Waals surface area contributed by atoms with Crippen molar-refractivity contribution in [2.75, 3.05) is 5.75 Å². The zero-order valence-electron chi connectivity index (χ0n) is 4.37. The summed E-state index contributed by atoms with van der Waals surface area (Å²) in [5.41, 5.74) is 0. The maximum Gasteiger partial charge on any atom is 0.144 e. The smallest absolute Gasteiger partial charge is 0.144 e. The molecule has 0 aliphatic carbocycles. The van der Waals surface area contributed by atoms with Gasteiger partial charge in [0.25, 0.3) is 0 Å². The van der Waals surface area contributed by atoms with Gasteiger partial charge in [-0.15, -0.1) is 0 Å². The third-order valence-corrected chi connectivity index (χ3v) is 1.29. The highest BCUT2D eigenvalue weighted by atomic mass is 32.3. The molecule has 0 spiro atoms. The zero-order chi connectivity index (χ0) is 6.78. The third-order valence-electron chi connectivity index (χ3n) is 0.429. The van der Waals surface area contributed by atoms with E-state index in [2.05, 4.69) is 0 Å². The van der Waals surface area contributed by atoms with E-state index >= 15 is 0 Å². The van der Waals surface area contributed by atoms with Crippen molar-refractivity contribution in [3.05, 3.63) is 0 Å². The van der Waals surface area contributed by atoms with E-state index in [4.69, 9.17) is 9.11 Å². The van der Waals surface area contributed by atoms with Crippen LogP contribution in [0.3, 0.4) is 0 Å². The molecule has 0 amide bonds. The molecule has 0 aliphatic rings. The van der Waals surface area contributed by atoms with Gasteiger partial charge in [-0.05, 0) is 6.92 Å². The monoisotopic (exact) mass is 140 g/mol. The number of carbonyl (C=O) groups is 1. The number of Topliss-reactive ketones (excluding diaryl/α,β-unsaturated/α-hetero) is 1. The first-order valence-electron chi connectivity index (χ1n) is 1.96. The van der Waals surface area contributed by atoms with Gasteiger partial charge in [0.15, 0.2) is 0 Å². The van der Waals surface area contributed by atoms with Gasteiger partial charge in [0.2, 0.25) is 0 Å². The Hall–Kier alpha value is -0.260. The summed E-state index contributed by atoms with van der Waals surface area (Å²) in [5.74, 6) is -1.13. The first kappa shape index (κ1) is 7.74. The Balaban J connectivity index is 3.74. The summed E-state index contributed by atoms with van der Waals surface area (Å²) in [6.45, 7) is 1.14. The molecule has 0 aromatic carbocycles. The minimum absolute atomic E-state index is 0.488. The van der Waals surface area contributed by atoms with Gasteiger partial charge in [-0.25, -0.2) is 4.21 Å². The van der Waals surface area contributed by atoms with Crippen molar-refractivity contribution in [2.24, 2.45) is 0 Å². The molecule has 0 fully saturated rings. The number of rotatable bonds is 2. The minimum atomic E-state index is -4.07. The lowest BCUT2D eigenvalue weighted by molar-refractivity contribution is -0.114. The Morgan fingerprint density at radius 1 is 1.62 bits per heavy atom. The number of ketones is 1. The topological polar surface area (TPSA) is 74.6 Å². The molecule has 0 rings (SSSR count). The van der Waals surface area contributed by atoms with E-state index in [0.29, 0.717) is 0 Å². The Morgan fingerprint density at radius 3 is 2.00 bits per heavy atom. The quantitative estimate of drug-likeness (QED) is 0.454. The van der Waals surface area contributed by atoms with Gasteiger partial charge < -0.3 is 9.11 Å². The molecule has 0 heterocycles. The summed E-state index contributed by atoms with van der Waals surface area (Å²) in [6.07, 6.45) is 0. The summed E-state index contributed by atoms with van der Waals surface area (Å²) in [7, 11) is -4.07. The SMILES string of the molecule is CC(=O)C[SH](=O)(O)O. The first-order chi connectivity index (χ1) is 3.42. The fraction of sp³-hybridized carbons (Fsp3) is 0.667. The number of thiol groups is 1. The third kappa shape index (κ3) is 5.74. The molecule has 50 valence electrons. The average Bonchev–Trinajstić information content (AvgIpc) is 1.21. The van der Waals surface area contributed by atoms with Crippen molar-refractivity contribution in [3.8, 4) is 0 Å². The molecule has 0 unspecified atom stereocenters. The number of carbonyl (C=O) groups excluding carboxylic acids is 1. The molecule has 0 atom stereocenters. The molecule has 4 nitrogen and oxygen atoms in total. The molecule has 0 radical (unpaired) electrons. The maximum atomic E-state index is 9.97. The van der Waals surface area contributed by atoms with Gasteiger partial charge in [-0.1, -0.05) is 0 Å². The van der Waals surface area contributed by atoms with Crippen LogP contribution < -0.4 is 0 Å². The lowest BCUT2D eigenvalue weighted by Gasteiger charge is -2.04. The second kappa shape index (κ2) is 2.34. The van der Waals surface area contributed by atoms with Crippen molar-refractivity contribution < 1.29 is 18.1 Å². The van der Waals surface area contributed by atoms with Gasteiger partial charge in [0.05, 0.1) is 10.5 Å². The Kier molecular flexibility index (Phi) is 2.26. The highest BCUT2D eigenvalue weighted by molar-refractivity contribution is 7.93. The molecule has 0 aromatic rings. The van der Waals surface area contributed by atoms with Crippen LogP contribution in [0.1, 0.15) is 6.92 Å². The molecule has 0 saturated carbocycles. The Bertz CT molecular complexity index is 134. The Morgan fingerprint density at radius 2 is 2.00 bits per heavy atom. The van der Waals surface area contributed by atoms with E-state index in [1.54, 1.807) is 0 Å². The largest absolute Gasteiger partial charge is 0.309 e. The van der Waals surface area contributed by atoms with E-state index < -0.39 is 22.0 Å². The zero-order valence-corrected chi connectivity index (χ0v) is 5.26. The summed E-state index contributed by atoms with van der Waals surface area (Å²) in [6, 6.07) is 0. The van der Waals surface area contributed by atoms with Crippen molar-refractivity contribution in [1.29, 1.82) is 0 Å². The minimum Gasteiger partial charge on any atom is -0.309 e. The van der Waals surface area contributed by atoms with Crippen molar-refractivity contribution in [2.45, 2.75) is 6.92 Å². The van der Waals surface area contributed by atoms with Crippen LogP contribution in [0, 0.1) is 0 Å². The number of hydrogen-bond donors (Lipinski definition) is 3. The first-order valence-corrected chi connectivity index (χ1v) is 3.75. The molecule has 8 heavy (non-hydrogen) atoms. The van der Waals surface area contributed by atoms with Gasteiger partial charge in [0, 0.05) is 0 Å². The molecule has 0 bridgehead atoms.